The van der Waals surface area contributed by atoms with E-state index < -0.39 is 0 Å². The quantitative estimate of drug-likeness (QED) is 0.748. The Labute approximate surface area is 161 Å². The van der Waals surface area contributed by atoms with Gasteiger partial charge in [0.1, 0.15) is 5.82 Å². The fourth-order valence-corrected chi connectivity index (χ4v) is 3.28. The highest BCUT2D eigenvalue weighted by atomic mass is 35.5. The molecule has 5 nitrogen and oxygen atoms in total. The third-order valence-corrected chi connectivity index (χ3v) is 4.40. The molecule has 0 fully saturated rings. The molecule has 7 heteroatoms. The van der Waals surface area contributed by atoms with Crippen LogP contribution in [0.5, 0.6) is 0 Å². The second-order valence-corrected chi connectivity index (χ2v) is 6.02. The monoisotopic (exact) mass is 384 g/mol. The zero-order chi connectivity index (χ0) is 16.1. The zero-order valence-corrected chi connectivity index (χ0v) is 16.0. The lowest BCUT2D eigenvalue weighted by Gasteiger charge is -2.27. The van der Waals surface area contributed by atoms with Gasteiger partial charge < -0.3 is 10.6 Å². The first-order chi connectivity index (χ1) is 11.3. The normalized spacial score (nSPS) is 15.5. The Morgan fingerprint density at radius 1 is 1.28 bits per heavy atom. The number of carbonyl (C=O) groups is 1. The van der Waals surface area contributed by atoms with E-state index in [4.69, 9.17) is 0 Å². The number of anilines is 1. The summed E-state index contributed by atoms with van der Waals surface area (Å²) >= 11 is 0. The van der Waals surface area contributed by atoms with Crippen LogP contribution in [-0.2, 0) is 11.2 Å². The number of hydrogen-bond donors (Lipinski definition) is 2. The van der Waals surface area contributed by atoms with E-state index >= 15 is 0 Å². The van der Waals surface area contributed by atoms with Crippen molar-refractivity contribution in [3.63, 3.8) is 0 Å². The standard InChI is InChI=1S/C18H24N4O.2ClH/c1-19-12-5-10-18(23)21-17-11-13-20-22(17)16-9-4-7-14-6-2-3-8-15(14)16;;/h2-3,6,8,11,13,16,19H,4-5,7,9-10,12H2,1H3,(H,21,23);2*1H. The Morgan fingerprint density at radius 3 is 2.88 bits per heavy atom. The molecule has 1 unspecified atom stereocenters. The summed E-state index contributed by atoms with van der Waals surface area (Å²) in [6, 6.07) is 10.6. The van der Waals surface area contributed by atoms with Gasteiger partial charge in [0.15, 0.2) is 0 Å². The van der Waals surface area contributed by atoms with Crippen molar-refractivity contribution in [1.29, 1.82) is 0 Å². The maximum absolute atomic E-state index is 12.1. The van der Waals surface area contributed by atoms with Crippen LogP contribution in [0.15, 0.2) is 36.5 Å². The number of hydrogen-bond acceptors (Lipinski definition) is 3. The largest absolute Gasteiger partial charge is 0.320 e. The van der Waals surface area contributed by atoms with Crippen molar-refractivity contribution in [3.8, 4) is 0 Å². The van der Waals surface area contributed by atoms with Crippen LogP contribution in [0.2, 0.25) is 0 Å². The third-order valence-electron chi connectivity index (χ3n) is 4.40. The van der Waals surface area contributed by atoms with Crippen LogP contribution < -0.4 is 10.6 Å². The summed E-state index contributed by atoms with van der Waals surface area (Å²) < 4.78 is 1.97. The summed E-state index contributed by atoms with van der Waals surface area (Å²) in [4.78, 5) is 12.1. The van der Waals surface area contributed by atoms with E-state index in [9.17, 15) is 4.79 Å². The lowest BCUT2D eigenvalue weighted by molar-refractivity contribution is -0.116. The van der Waals surface area contributed by atoms with Crippen molar-refractivity contribution in [2.24, 2.45) is 0 Å². The first-order valence-corrected chi connectivity index (χ1v) is 8.35. The molecule has 0 bridgehead atoms. The first-order valence-electron chi connectivity index (χ1n) is 8.35. The molecular weight excluding hydrogens is 359 g/mol. The highest BCUT2D eigenvalue weighted by Crippen LogP contribution is 2.34. The van der Waals surface area contributed by atoms with Gasteiger partial charge in [0.2, 0.25) is 5.91 Å². The van der Waals surface area contributed by atoms with E-state index in [1.165, 1.54) is 11.1 Å². The van der Waals surface area contributed by atoms with Crippen molar-refractivity contribution >= 4 is 36.5 Å². The number of aryl methyl sites for hydroxylation is 1. The predicted octanol–water partition coefficient (Wildman–Crippen LogP) is 3.59. The predicted molar refractivity (Wildman–Crippen MR) is 106 cm³/mol. The van der Waals surface area contributed by atoms with Gasteiger partial charge in [0.05, 0.1) is 12.2 Å². The minimum Gasteiger partial charge on any atom is -0.320 e. The molecule has 0 saturated heterocycles. The lowest BCUT2D eigenvalue weighted by Crippen LogP contribution is -2.22. The first kappa shape index (κ1) is 21.5. The number of rotatable bonds is 6. The maximum atomic E-state index is 12.1. The SMILES string of the molecule is CNCCCC(=O)Nc1ccnn1C1CCCc2ccccc21.Cl.Cl. The molecule has 0 radical (unpaired) electrons. The maximum Gasteiger partial charge on any atom is 0.225 e. The number of carbonyl (C=O) groups excluding carboxylic acids is 1. The molecule has 2 aromatic rings. The fraction of sp³-hybridized carbons (Fsp3) is 0.444. The van der Waals surface area contributed by atoms with E-state index in [-0.39, 0.29) is 36.8 Å². The summed E-state index contributed by atoms with van der Waals surface area (Å²) in [6.07, 6.45) is 6.45. The minimum atomic E-state index is 0. The number of fused-ring (bicyclic) bond motifs is 1. The van der Waals surface area contributed by atoms with Crippen LogP contribution in [0.25, 0.3) is 0 Å². The van der Waals surface area contributed by atoms with E-state index in [0.29, 0.717) is 6.42 Å². The topological polar surface area (TPSA) is 59.0 Å². The van der Waals surface area contributed by atoms with Crippen LogP contribution in [0.1, 0.15) is 42.9 Å². The van der Waals surface area contributed by atoms with Gasteiger partial charge in [-0.1, -0.05) is 24.3 Å². The molecule has 1 aliphatic carbocycles. The number of benzene rings is 1. The Balaban J connectivity index is 0.00000156. The van der Waals surface area contributed by atoms with Crippen LogP contribution in [-0.4, -0.2) is 29.3 Å². The van der Waals surface area contributed by atoms with Gasteiger partial charge in [0, 0.05) is 12.5 Å². The molecule has 1 aliphatic rings. The zero-order valence-electron chi connectivity index (χ0n) is 14.4. The smallest absolute Gasteiger partial charge is 0.225 e. The van der Waals surface area contributed by atoms with Gasteiger partial charge in [-0.25, -0.2) is 4.68 Å². The molecule has 1 aromatic carbocycles. The van der Waals surface area contributed by atoms with Crippen molar-refractivity contribution < 1.29 is 4.79 Å². The summed E-state index contributed by atoms with van der Waals surface area (Å²) in [7, 11) is 1.90. The molecule has 2 N–H and O–H groups in total. The summed E-state index contributed by atoms with van der Waals surface area (Å²) in [5, 5.41) is 10.5. The molecular formula is C18H26Cl2N4O. The number of nitrogens with one attached hydrogen (secondary N) is 2. The summed E-state index contributed by atoms with van der Waals surface area (Å²) in [5.41, 5.74) is 2.72. The van der Waals surface area contributed by atoms with Crippen molar-refractivity contribution in [3.05, 3.63) is 47.7 Å². The Bertz CT molecular complexity index is 675. The van der Waals surface area contributed by atoms with Gasteiger partial charge in [0.25, 0.3) is 0 Å². The molecule has 0 saturated carbocycles. The van der Waals surface area contributed by atoms with Gasteiger partial charge in [-0.05, 0) is 50.4 Å². The average molecular weight is 385 g/mol. The van der Waals surface area contributed by atoms with Crippen LogP contribution in [0.3, 0.4) is 0 Å². The average Bonchev–Trinajstić information content (AvgIpc) is 3.02. The molecule has 138 valence electrons. The Kier molecular flexibility index (Phi) is 8.97. The van der Waals surface area contributed by atoms with Gasteiger partial charge in [-0.2, -0.15) is 5.10 Å². The Morgan fingerprint density at radius 2 is 2.08 bits per heavy atom. The number of amides is 1. The van der Waals surface area contributed by atoms with Crippen molar-refractivity contribution in [1.82, 2.24) is 15.1 Å². The lowest BCUT2D eigenvalue weighted by atomic mass is 9.88. The molecule has 0 spiro atoms. The highest BCUT2D eigenvalue weighted by molar-refractivity contribution is 5.89. The molecule has 3 rings (SSSR count). The van der Waals surface area contributed by atoms with Crippen LogP contribution in [0.4, 0.5) is 5.82 Å². The number of nitrogens with zero attached hydrogens (tertiary/aromatic N) is 2. The molecule has 1 amide bonds. The molecule has 1 aromatic heterocycles. The van der Waals surface area contributed by atoms with Crippen molar-refractivity contribution in [2.45, 2.75) is 38.1 Å². The number of halogens is 2. The Hall–Kier alpha value is -1.56. The number of aromatic nitrogens is 2. The molecule has 25 heavy (non-hydrogen) atoms. The third kappa shape index (κ3) is 5.21. The van der Waals surface area contributed by atoms with E-state index in [1.54, 1.807) is 6.20 Å². The van der Waals surface area contributed by atoms with E-state index in [0.717, 1.165) is 38.0 Å². The second-order valence-electron chi connectivity index (χ2n) is 6.02. The van der Waals surface area contributed by atoms with Crippen LogP contribution >= 0.6 is 24.8 Å². The van der Waals surface area contributed by atoms with E-state index in [2.05, 4.69) is 40.0 Å². The second kappa shape index (κ2) is 10.4. The summed E-state index contributed by atoms with van der Waals surface area (Å²) in [6.45, 7) is 0.850. The molecule has 1 atom stereocenters. The highest BCUT2D eigenvalue weighted by Gasteiger charge is 2.23. The van der Waals surface area contributed by atoms with Gasteiger partial charge in [-0.15, -0.1) is 24.8 Å². The summed E-state index contributed by atoms with van der Waals surface area (Å²) in [5.74, 6) is 0.840. The molecule has 0 aliphatic heterocycles. The minimum absolute atomic E-state index is 0. The van der Waals surface area contributed by atoms with Gasteiger partial charge >= 0.3 is 0 Å². The van der Waals surface area contributed by atoms with Crippen LogP contribution in [0, 0.1) is 0 Å². The van der Waals surface area contributed by atoms with E-state index in [1.807, 2.05) is 17.8 Å². The molecule has 1 heterocycles. The van der Waals surface area contributed by atoms with Gasteiger partial charge in [-0.3, -0.25) is 4.79 Å². The van der Waals surface area contributed by atoms with Crippen molar-refractivity contribution in [2.75, 3.05) is 18.9 Å². The fourth-order valence-electron chi connectivity index (χ4n) is 3.28.